The first-order chi connectivity index (χ1) is 10.6. The van der Waals surface area contributed by atoms with Crippen LogP contribution in [0.25, 0.3) is 0 Å². The van der Waals surface area contributed by atoms with Gasteiger partial charge >= 0.3 is 0 Å². The summed E-state index contributed by atoms with van der Waals surface area (Å²) in [6.07, 6.45) is 3.42. The van der Waals surface area contributed by atoms with E-state index < -0.39 is 0 Å². The number of amides is 1. The fourth-order valence-electron chi connectivity index (χ4n) is 2.24. The van der Waals surface area contributed by atoms with E-state index in [9.17, 15) is 9.59 Å². The zero-order chi connectivity index (χ0) is 15.9. The second-order valence-electron chi connectivity index (χ2n) is 5.84. The number of ketones is 1. The van der Waals surface area contributed by atoms with Gasteiger partial charge in [0.2, 0.25) is 5.91 Å². The molecule has 120 valence electrons. The van der Waals surface area contributed by atoms with Gasteiger partial charge in [-0.05, 0) is 44.2 Å². The molecule has 1 atom stereocenters. The van der Waals surface area contributed by atoms with Crippen LogP contribution in [-0.4, -0.2) is 30.9 Å². The zero-order valence-electron chi connectivity index (χ0n) is 13.0. The van der Waals surface area contributed by atoms with E-state index in [0.717, 1.165) is 0 Å². The molecule has 22 heavy (non-hydrogen) atoms. The molecule has 0 saturated heterocycles. The predicted octanol–water partition coefficient (Wildman–Crippen LogP) is 1.90. The van der Waals surface area contributed by atoms with Gasteiger partial charge in [0, 0.05) is 24.6 Å². The Morgan fingerprint density at radius 1 is 1.41 bits per heavy atom. The van der Waals surface area contributed by atoms with Crippen LogP contribution < -0.4 is 15.8 Å². The number of nitrogens with two attached hydrogens (primary N) is 1. The largest absolute Gasteiger partial charge is 0.494 e. The van der Waals surface area contributed by atoms with Gasteiger partial charge in [0.25, 0.3) is 0 Å². The topological polar surface area (TPSA) is 81.4 Å². The minimum atomic E-state index is 0.0110. The van der Waals surface area contributed by atoms with Crippen molar-refractivity contribution in [2.24, 2.45) is 11.7 Å². The molecule has 1 aromatic carbocycles. The van der Waals surface area contributed by atoms with Gasteiger partial charge in [-0.25, -0.2) is 0 Å². The minimum absolute atomic E-state index is 0.0110. The van der Waals surface area contributed by atoms with Crippen molar-refractivity contribution in [3.63, 3.8) is 0 Å². The third-order valence-electron chi connectivity index (χ3n) is 3.82. The molecular weight excluding hydrogens is 280 g/mol. The van der Waals surface area contributed by atoms with Gasteiger partial charge in [0.15, 0.2) is 5.78 Å². The van der Waals surface area contributed by atoms with Crippen LogP contribution in [0.3, 0.4) is 0 Å². The lowest BCUT2D eigenvalue weighted by molar-refractivity contribution is -0.121. The van der Waals surface area contributed by atoms with Crippen molar-refractivity contribution in [2.45, 2.75) is 38.6 Å². The highest BCUT2D eigenvalue weighted by Crippen LogP contribution is 2.31. The molecule has 1 aromatic rings. The Bertz CT molecular complexity index is 526. The molecule has 0 heterocycles. The second kappa shape index (κ2) is 7.94. The summed E-state index contributed by atoms with van der Waals surface area (Å²) >= 11 is 0. The Kier molecular flexibility index (Phi) is 5.95. The second-order valence-corrected chi connectivity index (χ2v) is 5.84. The standard InChI is InChI=1S/C17H24N2O3/c1-12(20)14-4-2-5-15(10-14)22-9-3-6-17(21)19-11-16(18)13-7-8-13/h2,4-5,10,13,16H,3,6-9,11,18H2,1H3,(H,19,21). The molecule has 1 aliphatic rings. The Morgan fingerprint density at radius 3 is 2.86 bits per heavy atom. The zero-order valence-corrected chi connectivity index (χ0v) is 13.0. The highest BCUT2D eigenvalue weighted by atomic mass is 16.5. The smallest absolute Gasteiger partial charge is 0.220 e. The van der Waals surface area contributed by atoms with Crippen LogP contribution in [0, 0.1) is 5.92 Å². The van der Waals surface area contributed by atoms with Gasteiger partial charge in [-0.1, -0.05) is 12.1 Å². The van der Waals surface area contributed by atoms with Gasteiger partial charge in [0.1, 0.15) is 5.75 Å². The van der Waals surface area contributed by atoms with Crippen molar-refractivity contribution in [3.05, 3.63) is 29.8 Å². The van der Waals surface area contributed by atoms with Crippen molar-refractivity contribution in [1.29, 1.82) is 0 Å². The molecule has 0 aromatic heterocycles. The van der Waals surface area contributed by atoms with Crippen molar-refractivity contribution >= 4 is 11.7 Å². The fraction of sp³-hybridized carbons (Fsp3) is 0.529. The summed E-state index contributed by atoms with van der Waals surface area (Å²) in [6.45, 7) is 2.53. The van der Waals surface area contributed by atoms with E-state index in [4.69, 9.17) is 10.5 Å². The Morgan fingerprint density at radius 2 is 2.18 bits per heavy atom. The van der Waals surface area contributed by atoms with Crippen LogP contribution in [0.4, 0.5) is 0 Å². The van der Waals surface area contributed by atoms with Crippen molar-refractivity contribution < 1.29 is 14.3 Å². The number of ether oxygens (including phenoxy) is 1. The summed E-state index contributed by atoms with van der Waals surface area (Å²) in [6, 6.07) is 7.16. The number of benzene rings is 1. The normalized spacial score (nSPS) is 15.2. The lowest BCUT2D eigenvalue weighted by atomic mass is 10.1. The van der Waals surface area contributed by atoms with Gasteiger partial charge < -0.3 is 15.8 Å². The molecule has 5 nitrogen and oxygen atoms in total. The van der Waals surface area contributed by atoms with Gasteiger partial charge in [-0.15, -0.1) is 0 Å². The summed E-state index contributed by atoms with van der Waals surface area (Å²) in [7, 11) is 0. The molecule has 0 radical (unpaired) electrons. The van der Waals surface area contributed by atoms with Crippen LogP contribution in [-0.2, 0) is 4.79 Å². The average molecular weight is 304 g/mol. The van der Waals surface area contributed by atoms with E-state index in [1.54, 1.807) is 24.3 Å². The van der Waals surface area contributed by atoms with E-state index in [-0.39, 0.29) is 17.7 Å². The number of nitrogens with one attached hydrogen (secondary N) is 1. The molecule has 0 spiro atoms. The summed E-state index contributed by atoms with van der Waals surface area (Å²) in [5, 5.41) is 2.86. The minimum Gasteiger partial charge on any atom is -0.494 e. The number of hydrogen-bond donors (Lipinski definition) is 2. The Hall–Kier alpha value is -1.88. The third-order valence-corrected chi connectivity index (χ3v) is 3.82. The molecule has 3 N–H and O–H groups in total. The number of Topliss-reactive ketones (excluding diaryl/α,β-unsaturated/α-hetero) is 1. The molecule has 0 bridgehead atoms. The van der Waals surface area contributed by atoms with E-state index in [1.165, 1.54) is 19.8 Å². The third kappa shape index (κ3) is 5.48. The van der Waals surface area contributed by atoms with Gasteiger partial charge in [-0.3, -0.25) is 9.59 Å². The average Bonchev–Trinajstić information content (AvgIpc) is 3.34. The quantitative estimate of drug-likeness (QED) is 0.539. The molecule has 1 amide bonds. The van der Waals surface area contributed by atoms with Crippen LogP contribution >= 0.6 is 0 Å². The van der Waals surface area contributed by atoms with Crippen molar-refractivity contribution in [1.82, 2.24) is 5.32 Å². The number of carbonyl (C=O) groups excluding carboxylic acids is 2. The van der Waals surface area contributed by atoms with E-state index in [1.807, 2.05) is 0 Å². The van der Waals surface area contributed by atoms with Crippen molar-refractivity contribution in [3.8, 4) is 5.75 Å². The van der Waals surface area contributed by atoms with Crippen molar-refractivity contribution in [2.75, 3.05) is 13.2 Å². The molecule has 5 heteroatoms. The molecule has 1 unspecified atom stereocenters. The van der Waals surface area contributed by atoms with Crippen LogP contribution in [0.5, 0.6) is 5.75 Å². The maximum atomic E-state index is 11.7. The van der Waals surface area contributed by atoms with Crippen LogP contribution in [0.1, 0.15) is 43.0 Å². The summed E-state index contributed by atoms with van der Waals surface area (Å²) in [5.41, 5.74) is 6.56. The molecule has 2 rings (SSSR count). The number of carbonyl (C=O) groups is 2. The van der Waals surface area contributed by atoms with Crippen LogP contribution in [0.15, 0.2) is 24.3 Å². The van der Waals surface area contributed by atoms with Gasteiger partial charge in [-0.2, -0.15) is 0 Å². The molecular formula is C17H24N2O3. The Labute approximate surface area is 131 Å². The highest BCUT2D eigenvalue weighted by Gasteiger charge is 2.28. The summed E-state index contributed by atoms with van der Waals surface area (Å²) in [5.74, 6) is 1.27. The highest BCUT2D eigenvalue weighted by molar-refractivity contribution is 5.94. The summed E-state index contributed by atoms with van der Waals surface area (Å²) < 4.78 is 5.56. The molecule has 1 saturated carbocycles. The van der Waals surface area contributed by atoms with E-state index in [0.29, 0.717) is 43.2 Å². The maximum Gasteiger partial charge on any atom is 0.220 e. The number of hydrogen-bond acceptors (Lipinski definition) is 4. The first-order valence-electron chi connectivity index (χ1n) is 7.82. The molecule has 1 fully saturated rings. The Balaban J connectivity index is 1.61. The summed E-state index contributed by atoms with van der Waals surface area (Å²) in [4.78, 5) is 23.0. The lowest BCUT2D eigenvalue weighted by Crippen LogP contribution is -2.38. The first-order valence-corrected chi connectivity index (χ1v) is 7.82. The first kappa shape index (κ1) is 16.5. The van der Waals surface area contributed by atoms with Gasteiger partial charge in [0.05, 0.1) is 6.61 Å². The van der Waals surface area contributed by atoms with Crippen LogP contribution in [0.2, 0.25) is 0 Å². The lowest BCUT2D eigenvalue weighted by Gasteiger charge is -2.11. The maximum absolute atomic E-state index is 11.7. The number of rotatable bonds is 9. The SMILES string of the molecule is CC(=O)c1cccc(OCCCC(=O)NCC(N)C2CC2)c1. The predicted molar refractivity (Wildman–Crippen MR) is 84.9 cm³/mol. The van der Waals surface area contributed by atoms with E-state index in [2.05, 4.69) is 5.32 Å². The molecule has 1 aliphatic carbocycles. The van der Waals surface area contributed by atoms with E-state index >= 15 is 0 Å². The fourth-order valence-corrected chi connectivity index (χ4v) is 2.24. The molecule has 0 aliphatic heterocycles. The monoisotopic (exact) mass is 304 g/mol.